The zero-order valence-electron chi connectivity index (χ0n) is 14.1. The van der Waals surface area contributed by atoms with Gasteiger partial charge >= 0.3 is 18.1 Å². The quantitative estimate of drug-likeness (QED) is 0.791. The van der Waals surface area contributed by atoms with Gasteiger partial charge in [0.15, 0.2) is 0 Å². The lowest BCUT2D eigenvalue weighted by Crippen LogP contribution is -2.47. The van der Waals surface area contributed by atoms with Crippen LogP contribution in [0, 0.1) is 5.92 Å². The SMILES string of the molecule is FC(F)(F)c1cccc(N2CCN(CC3CC3)CC2)c1.O=C(O)C(=O)O. The summed E-state index contributed by atoms with van der Waals surface area (Å²) in [5, 5.41) is 14.8. The molecule has 1 aliphatic heterocycles. The molecule has 0 amide bonds. The normalized spacial score (nSPS) is 18.0. The van der Waals surface area contributed by atoms with E-state index in [0.717, 1.165) is 44.7 Å². The van der Waals surface area contributed by atoms with Crippen LogP contribution in [0.4, 0.5) is 18.9 Å². The van der Waals surface area contributed by atoms with Crippen molar-refractivity contribution in [3.05, 3.63) is 29.8 Å². The van der Waals surface area contributed by atoms with Crippen molar-refractivity contribution in [1.82, 2.24) is 4.90 Å². The molecule has 1 saturated heterocycles. The van der Waals surface area contributed by atoms with E-state index in [-0.39, 0.29) is 0 Å². The molecule has 0 unspecified atom stereocenters. The highest BCUT2D eigenvalue weighted by Crippen LogP contribution is 2.32. The fraction of sp³-hybridized carbons (Fsp3) is 0.529. The van der Waals surface area contributed by atoms with Gasteiger partial charge in [-0.1, -0.05) is 6.07 Å². The molecule has 144 valence electrons. The lowest BCUT2D eigenvalue weighted by Gasteiger charge is -2.36. The minimum atomic E-state index is -4.26. The van der Waals surface area contributed by atoms with Gasteiger partial charge in [-0.3, -0.25) is 4.90 Å². The van der Waals surface area contributed by atoms with Crippen LogP contribution in [-0.4, -0.2) is 59.8 Å². The van der Waals surface area contributed by atoms with E-state index in [1.165, 1.54) is 25.0 Å². The molecule has 0 bridgehead atoms. The van der Waals surface area contributed by atoms with Crippen molar-refractivity contribution in [3.63, 3.8) is 0 Å². The Bertz CT molecular complexity index is 627. The van der Waals surface area contributed by atoms with E-state index in [4.69, 9.17) is 19.8 Å². The largest absolute Gasteiger partial charge is 0.473 e. The molecule has 26 heavy (non-hydrogen) atoms. The molecule has 3 rings (SSSR count). The third-order valence-corrected chi connectivity index (χ3v) is 4.31. The summed E-state index contributed by atoms with van der Waals surface area (Å²) in [7, 11) is 0. The van der Waals surface area contributed by atoms with E-state index in [1.807, 2.05) is 0 Å². The first kappa shape index (κ1) is 20.0. The number of halogens is 3. The first-order valence-corrected chi connectivity index (χ1v) is 8.27. The summed E-state index contributed by atoms with van der Waals surface area (Å²) in [5.74, 6) is -2.78. The maximum atomic E-state index is 12.7. The Morgan fingerprint density at radius 2 is 1.62 bits per heavy atom. The predicted octanol–water partition coefficient (Wildman–Crippen LogP) is 2.39. The fourth-order valence-electron chi connectivity index (χ4n) is 2.73. The van der Waals surface area contributed by atoms with Crippen LogP contribution in [0.5, 0.6) is 0 Å². The van der Waals surface area contributed by atoms with E-state index >= 15 is 0 Å². The summed E-state index contributed by atoms with van der Waals surface area (Å²) in [6, 6.07) is 5.66. The van der Waals surface area contributed by atoms with Gasteiger partial charge in [-0.15, -0.1) is 0 Å². The number of alkyl halides is 3. The number of piperazine rings is 1. The van der Waals surface area contributed by atoms with Gasteiger partial charge in [-0.05, 0) is 37.0 Å². The number of hydrogen-bond acceptors (Lipinski definition) is 4. The van der Waals surface area contributed by atoms with Gasteiger partial charge in [0, 0.05) is 38.4 Å². The van der Waals surface area contributed by atoms with Crippen LogP contribution in [0.3, 0.4) is 0 Å². The Labute approximate surface area is 148 Å². The molecule has 1 aromatic carbocycles. The van der Waals surface area contributed by atoms with Crippen molar-refractivity contribution in [2.24, 2.45) is 5.92 Å². The molecule has 6 nitrogen and oxygen atoms in total. The molecule has 1 aliphatic carbocycles. The van der Waals surface area contributed by atoms with Crippen LogP contribution in [0.15, 0.2) is 24.3 Å². The van der Waals surface area contributed by atoms with Crippen molar-refractivity contribution in [2.75, 3.05) is 37.6 Å². The summed E-state index contributed by atoms with van der Waals surface area (Å²) >= 11 is 0. The van der Waals surface area contributed by atoms with Crippen LogP contribution >= 0.6 is 0 Å². The van der Waals surface area contributed by atoms with Crippen molar-refractivity contribution in [1.29, 1.82) is 0 Å². The number of carboxylic acid groups (broad SMARTS) is 2. The minimum Gasteiger partial charge on any atom is -0.473 e. The first-order chi connectivity index (χ1) is 12.2. The predicted molar refractivity (Wildman–Crippen MR) is 88.1 cm³/mol. The zero-order valence-corrected chi connectivity index (χ0v) is 14.1. The average molecular weight is 374 g/mol. The second-order valence-electron chi connectivity index (χ2n) is 6.39. The van der Waals surface area contributed by atoms with Gasteiger partial charge in [-0.2, -0.15) is 13.2 Å². The van der Waals surface area contributed by atoms with Gasteiger partial charge < -0.3 is 15.1 Å². The van der Waals surface area contributed by atoms with Crippen molar-refractivity contribution >= 4 is 17.6 Å². The smallest absolute Gasteiger partial charge is 0.416 e. The lowest BCUT2D eigenvalue weighted by molar-refractivity contribution is -0.159. The summed E-state index contributed by atoms with van der Waals surface area (Å²) in [5.41, 5.74) is 0.126. The monoisotopic (exact) mass is 374 g/mol. The molecule has 0 atom stereocenters. The second-order valence-corrected chi connectivity index (χ2v) is 6.39. The molecule has 0 aromatic heterocycles. The highest BCUT2D eigenvalue weighted by molar-refractivity contribution is 6.27. The number of aliphatic carboxylic acids is 2. The van der Waals surface area contributed by atoms with Crippen LogP contribution in [0.2, 0.25) is 0 Å². The van der Waals surface area contributed by atoms with Crippen molar-refractivity contribution < 1.29 is 33.0 Å². The summed E-state index contributed by atoms with van der Waals surface area (Å²) in [4.78, 5) is 22.7. The third-order valence-electron chi connectivity index (χ3n) is 4.31. The van der Waals surface area contributed by atoms with E-state index in [9.17, 15) is 13.2 Å². The summed E-state index contributed by atoms with van der Waals surface area (Å²) in [6.45, 7) is 4.69. The molecule has 9 heteroatoms. The number of carbonyl (C=O) groups is 2. The molecule has 0 radical (unpaired) electrons. The number of nitrogens with zero attached hydrogens (tertiary/aromatic N) is 2. The average Bonchev–Trinajstić information content (AvgIpc) is 3.39. The Hall–Kier alpha value is -2.29. The number of anilines is 1. The van der Waals surface area contributed by atoms with Gasteiger partial charge in [0.1, 0.15) is 0 Å². The Balaban J connectivity index is 0.000000352. The topological polar surface area (TPSA) is 81.1 Å². The van der Waals surface area contributed by atoms with Gasteiger partial charge in [-0.25, -0.2) is 9.59 Å². The Morgan fingerprint density at radius 3 is 2.08 bits per heavy atom. The molecule has 2 N–H and O–H groups in total. The van der Waals surface area contributed by atoms with Gasteiger partial charge in [0.2, 0.25) is 0 Å². The van der Waals surface area contributed by atoms with Gasteiger partial charge in [0.05, 0.1) is 5.56 Å². The molecular weight excluding hydrogens is 353 g/mol. The van der Waals surface area contributed by atoms with Crippen LogP contribution < -0.4 is 4.90 Å². The Kier molecular flexibility index (Phi) is 6.47. The van der Waals surface area contributed by atoms with Crippen molar-refractivity contribution in [3.8, 4) is 0 Å². The van der Waals surface area contributed by atoms with E-state index in [0.29, 0.717) is 5.69 Å². The number of carboxylic acids is 2. The second kappa shape index (κ2) is 8.39. The molecule has 1 saturated carbocycles. The maximum absolute atomic E-state index is 12.7. The highest BCUT2D eigenvalue weighted by Gasteiger charge is 2.31. The molecule has 1 heterocycles. The molecule has 2 aliphatic rings. The molecule has 0 spiro atoms. The van der Waals surface area contributed by atoms with E-state index in [2.05, 4.69) is 9.80 Å². The van der Waals surface area contributed by atoms with Crippen LogP contribution in [0.1, 0.15) is 18.4 Å². The summed E-state index contributed by atoms with van der Waals surface area (Å²) < 4.78 is 38.2. The standard InChI is InChI=1S/C15H19F3N2.C2H2O4/c16-15(17,18)13-2-1-3-14(10-13)20-8-6-19(7-9-20)11-12-4-5-12;3-1(4)2(5)6/h1-3,10,12H,4-9,11H2;(H,3,4)(H,5,6). The van der Waals surface area contributed by atoms with Crippen LogP contribution in [0.25, 0.3) is 0 Å². The Morgan fingerprint density at radius 1 is 1.04 bits per heavy atom. The first-order valence-electron chi connectivity index (χ1n) is 8.27. The lowest BCUT2D eigenvalue weighted by atomic mass is 10.1. The molecular formula is C17H21F3N2O4. The highest BCUT2D eigenvalue weighted by atomic mass is 19.4. The molecule has 1 aromatic rings. The van der Waals surface area contributed by atoms with Gasteiger partial charge in [0.25, 0.3) is 0 Å². The minimum absolute atomic E-state index is 0.560. The summed E-state index contributed by atoms with van der Waals surface area (Å²) in [6.07, 6.45) is -1.58. The van der Waals surface area contributed by atoms with Crippen molar-refractivity contribution in [2.45, 2.75) is 19.0 Å². The third kappa shape index (κ3) is 6.21. The van der Waals surface area contributed by atoms with Crippen LogP contribution in [-0.2, 0) is 15.8 Å². The number of rotatable bonds is 3. The zero-order chi connectivity index (χ0) is 19.3. The van der Waals surface area contributed by atoms with E-state index in [1.54, 1.807) is 6.07 Å². The van der Waals surface area contributed by atoms with E-state index < -0.39 is 23.7 Å². The number of hydrogen-bond donors (Lipinski definition) is 2. The fourth-order valence-corrected chi connectivity index (χ4v) is 2.73. The molecule has 2 fully saturated rings. The maximum Gasteiger partial charge on any atom is 0.416 e. The number of benzene rings is 1.